The van der Waals surface area contributed by atoms with Crippen LogP contribution < -0.4 is 0 Å². The average molecular weight is 278 g/mol. The molecule has 84 valence electrons. The van der Waals surface area contributed by atoms with Crippen molar-refractivity contribution in [2.45, 2.75) is 32.7 Å². The first-order valence-corrected chi connectivity index (χ1v) is 9.46. The summed E-state index contributed by atoms with van der Waals surface area (Å²) in [6.07, 6.45) is 1.50. The van der Waals surface area contributed by atoms with Gasteiger partial charge in [0.05, 0.1) is 0 Å². The quantitative estimate of drug-likeness (QED) is 0.477. The van der Waals surface area contributed by atoms with Crippen molar-refractivity contribution < 1.29 is 9.90 Å². The van der Waals surface area contributed by atoms with Gasteiger partial charge in [-0.05, 0) is 12.5 Å². The Hall–Kier alpha value is 0.297. The summed E-state index contributed by atoms with van der Waals surface area (Å²) in [6, 6.07) is -1.47. The van der Waals surface area contributed by atoms with Gasteiger partial charge in [0.1, 0.15) is 0 Å². The van der Waals surface area contributed by atoms with Gasteiger partial charge in [-0.1, -0.05) is 26.8 Å². The number of halogens is 3. The first kappa shape index (κ1) is 16.7. The van der Waals surface area contributed by atoms with E-state index in [4.69, 9.17) is 38.3 Å². The Labute approximate surface area is 100.0 Å². The molecule has 0 aromatic carbocycles. The summed E-state index contributed by atoms with van der Waals surface area (Å²) in [6.45, 7) is 7.04. The lowest BCUT2D eigenvalue weighted by Crippen LogP contribution is -2.06. The molecule has 0 aliphatic rings. The molecule has 0 heterocycles. The van der Waals surface area contributed by atoms with E-state index in [9.17, 15) is 4.79 Å². The van der Waals surface area contributed by atoms with Gasteiger partial charge < -0.3 is 5.11 Å². The molecular weight excluding hydrogens is 263 g/mol. The Kier molecular flexibility index (Phi) is 10.3. The third-order valence-electron chi connectivity index (χ3n) is 1.26. The van der Waals surface area contributed by atoms with Gasteiger partial charge in [0.2, 0.25) is 0 Å². The molecule has 0 saturated heterocycles. The Balaban J connectivity index is 0. The largest absolute Gasteiger partial charge is 0.478 e. The molecule has 0 radical (unpaired) electrons. The van der Waals surface area contributed by atoms with Crippen molar-refractivity contribution in [3.8, 4) is 0 Å². The predicted octanol–water partition coefficient (Wildman–Crippen LogP) is 4.09. The molecule has 0 saturated carbocycles. The number of carboxylic acids is 1. The summed E-state index contributed by atoms with van der Waals surface area (Å²) in [5.74, 6) is -0.900. The van der Waals surface area contributed by atoms with Crippen LogP contribution in [0.3, 0.4) is 0 Å². The molecule has 0 atom stereocenters. The van der Waals surface area contributed by atoms with E-state index >= 15 is 0 Å². The van der Waals surface area contributed by atoms with Crippen LogP contribution in [-0.4, -0.2) is 17.1 Å². The molecule has 0 aromatic rings. The average Bonchev–Trinajstić information content (AvgIpc) is 2.01. The summed E-state index contributed by atoms with van der Waals surface area (Å²) in [5.41, 5.74) is 0.264. The monoisotopic (exact) mass is 276 g/mol. The highest BCUT2D eigenvalue weighted by molar-refractivity contribution is 7.64. The number of carboxylic acid groups (broad SMARTS) is 1. The van der Waals surface area contributed by atoms with Crippen molar-refractivity contribution in [3.63, 3.8) is 0 Å². The summed E-state index contributed by atoms with van der Waals surface area (Å²) < 4.78 is 0. The van der Waals surface area contributed by atoms with E-state index < -0.39 is 12.0 Å². The Bertz CT molecular complexity index is 190. The molecule has 0 aliphatic heterocycles. The molecule has 6 heteroatoms. The molecule has 0 aromatic heterocycles. The van der Waals surface area contributed by atoms with Gasteiger partial charge in [0.25, 0.3) is 0 Å². The minimum atomic E-state index is -2.24. The standard InChI is InChI=1S/C5H8O2.C3H7Cl3Si/c1-3-4(2)5(6)7;1-2-3-7(4,5)6/h2-3H2,1H3,(H,6,7);2-3H2,1H3. The number of hydrogen-bond acceptors (Lipinski definition) is 1. The minimum Gasteiger partial charge on any atom is -0.478 e. The van der Waals surface area contributed by atoms with Crippen LogP contribution in [0.15, 0.2) is 12.2 Å². The van der Waals surface area contributed by atoms with Crippen molar-refractivity contribution in [1.29, 1.82) is 0 Å². The first-order valence-electron chi connectivity index (χ1n) is 4.22. The zero-order valence-corrected chi connectivity index (χ0v) is 11.6. The van der Waals surface area contributed by atoms with Gasteiger partial charge in [0.15, 0.2) is 0 Å². The minimum absolute atomic E-state index is 0.264. The lowest BCUT2D eigenvalue weighted by atomic mass is 10.2. The van der Waals surface area contributed by atoms with Crippen molar-refractivity contribution in [3.05, 3.63) is 12.2 Å². The molecule has 1 N–H and O–H groups in total. The Morgan fingerprint density at radius 2 is 1.79 bits per heavy atom. The molecule has 2 nitrogen and oxygen atoms in total. The van der Waals surface area contributed by atoms with Crippen molar-refractivity contribution >= 4 is 45.2 Å². The first-order chi connectivity index (χ1) is 6.24. The Morgan fingerprint density at radius 3 is 1.79 bits per heavy atom. The molecular formula is C8H15Cl3O2Si. The summed E-state index contributed by atoms with van der Waals surface area (Å²) in [7, 11) is 0. The van der Waals surface area contributed by atoms with Crippen molar-refractivity contribution in [1.82, 2.24) is 0 Å². The second-order valence-corrected chi connectivity index (χ2v) is 11.9. The third kappa shape index (κ3) is 14.8. The SMILES string of the molecule is C=C(CC)C(=O)O.CCC[Si](Cl)(Cl)Cl. The molecule has 0 rings (SSSR count). The maximum atomic E-state index is 9.83. The number of rotatable bonds is 4. The molecule has 0 unspecified atom stereocenters. The topological polar surface area (TPSA) is 37.3 Å². The van der Waals surface area contributed by atoms with Crippen molar-refractivity contribution in [2.75, 3.05) is 0 Å². The second-order valence-electron chi connectivity index (χ2n) is 2.63. The fourth-order valence-electron chi connectivity index (χ4n) is 0.435. The summed E-state index contributed by atoms with van der Waals surface area (Å²) in [5, 5.41) is 8.08. The van der Waals surface area contributed by atoms with Crippen LogP contribution >= 0.6 is 33.2 Å². The zero-order chi connectivity index (χ0) is 11.8. The van der Waals surface area contributed by atoms with E-state index in [1.807, 2.05) is 6.92 Å². The molecule has 0 spiro atoms. The summed E-state index contributed by atoms with van der Waals surface area (Å²) in [4.78, 5) is 9.83. The fraction of sp³-hybridized carbons (Fsp3) is 0.625. The van der Waals surface area contributed by atoms with E-state index in [-0.39, 0.29) is 5.57 Å². The Morgan fingerprint density at radius 1 is 1.36 bits per heavy atom. The van der Waals surface area contributed by atoms with E-state index in [1.54, 1.807) is 6.92 Å². The van der Waals surface area contributed by atoms with E-state index in [0.29, 0.717) is 6.42 Å². The third-order valence-corrected chi connectivity index (χ3v) is 4.03. The van der Waals surface area contributed by atoms with Gasteiger partial charge in [-0.2, -0.15) is 0 Å². The van der Waals surface area contributed by atoms with Crippen LogP contribution in [-0.2, 0) is 4.79 Å². The molecule has 0 aliphatic carbocycles. The van der Waals surface area contributed by atoms with Gasteiger partial charge in [-0.3, -0.25) is 0 Å². The molecule has 14 heavy (non-hydrogen) atoms. The normalized spacial score (nSPS) is 10.1. The van der Waals surface area contributed by atoms with Crippen molar-refractivity contribution in [2.24, 2.45) is 0 Å². The lowest BCUT2D eigenvalue weighted by Gasteiger charge is -2.01. The van der Waals surface area contributed by atoms with Crippen LogP contribution in [0.4, 0.5) is 0 Å². The number of hydrogen-bond donors (Lipinski definition) is 1. The maximum absolute atomic E-state index is 9.83. The summed E-state index contributed by atoms with van der Waals surface area (Å²) >= 11 is 16.5. The fourth-order valence-corrected chi connectivity index (χ4v) is 2.70. The van der Waals surface area contributed by atoms with E-state index in [1.165, 1.54) is 0 Å². The maximum Gasteiger partial charge on any atom is 0.341 e. The van der Waals surface area contributed by atoms with Gasteiger partial charge in [0, 0.05) is 5.57 Å². The highest BCUT2D eigenvalue weighted by Crippen LogP contribution is 2.25. The van der Waals surface area contributed by atoms with Crippen LogP contribution in [0.5, 0.6) is 0 Å². The molecule has 0 amide bonds. The highest BCUT2D eigenvalue weighted by atomic mass is 35.8. The van der Waals surface area contributed by atoms with Crippen LogP contribution in [0.2, 0.25) is 6.04 Å². The van der Waals surface area contributed by atoms with E-state index in [0.717, 1.165) is 12.5 Å². The second kappa shape index (κ2) is 8.59. The molecule has 0 fully saturated rings. The number of carbonyl (C=O) groups is 1. The zero-order valence-electron chi connectivity index (χ0n) is 8.32. The smallest absolute Gasteiger partial charge is 0.341 e. The highest BCUT2D eigenvalue weighted by Gasteiger charge is 2.22. The molecule has 0 bridgehead atoms. The van der Waals surface area contributed by atoms with Gasteiger partial charge >= 0.3 is 12.0 Å². The van der Waals surface area contributed by atoms with E-state index in [2.05, 4.69) is 6.58 Å². The van der Waals surface area contributed by atoms with Crippen LogP contribution in [0.25, 0.3) is 0 Å². The van der Waals surface area contributed by atoms with Crippen LogP contribution in [0, 0.1) is 0 Å². The van der Waals surface area contributed by atoms with Gasteiger partial charge in [-0.15, -0.1) is 33.2 Å². The van der Waals surface area contributed by atoms with Gasteiger partial charge in [-0.25, -0.2) is 4.79 Å². The lowest BCUT2D eigenvalue weighted by molar-refractivity contribution is -0.132. The predicted molar refractivity (Wildman–Crippen MR) is 65.5 cm³/mol. The van der Waals surface area contributed by atoms with Crippen LogP contribution in [0.1, 0.15) is 26.7 Å². The number of aliphatic carboxylic acids is 1.